The van der Waals surface area contributed by atoms with Crippen molar-refractivity contribution in [2.45, 2.75) is 32.7 Å². The third-order valence-corrected chi connectivity index (χ3v) is 5.90. The summed E-state index contributed by atoms with van der Waals surface area (Å²) in [6.07, 6.45) is 0. The second-order valence-electron chi connectivity index (χ2n) is 9.31. The van der Waals surface area contributed by atoms with Crippen LogP contribution in [0.1, 0.15) is 36.7 Å². The Hall–Kier alpha value is -3.93. The van der Waals surface area contributed by atoms with Gasteiger partial charge in [-0.2, -0.15) is 0 Å². The lowest BCUT2D eigenvalue weighted by Gasteiger charge is -2.19. The van der Waals surface area contributed by atoms with E-state index in [9.17, 15) is 9.59 Å². The van der Waals surface area contributed by atoms with Crippen molar-refractivity contribution in [3.05, 3.63) is 77.9 Å². The first-order chi connectivity index (χ1) is 15.8. The Morgan fingerprint density at radius 3 is 2.58 bits per heavy atom. The molecule has 0 saturated carbocycles. The van der Waals surface area contributed by atoms with Crippen molar-refractivity contribution >= 4 is 28.4 Å². The summed E-state index contributed by atoms with van der Waals surface area (Å²) in [5.74, 6) is 1.01. The number of nitrogens with zero attached hydrogens (tertiary/aromatic N) is 2. The van der Waals surface area contributed by atoms with E-state index in [-0.39, 0.29) is 30.3 Å². The molecule has 0 fully saturated rings. The highest BCUT2D eigenvalue weighted by atomic mass is 16.5. The molecule has 166 valence electrons. The first kappa shape index (κ1) is 20.9. The molecular weight excluding hydrogens is 414 g/mol. The SMILES string of the molecule is CC(C)(C)c1ccc(-c2nc3ccccc3n2CC(=O)c2ccc3c(c2)NC(=O)CO3)cc1. The van der Waals surface area contributed by atoms with Crippen LogP contribution in [-0.2, 0) is 16.8 Å². The Bertz CT molecular complexity index is 1380. The second-order valence-corrected chi connectivity index (χ2v) is 9.31. The number of carbonyl (C=O) groups excluding carboxylic acids is 2. The van der Waals surface area contributed by atoms with Crippen LogP contribution in [0, 0.1) is 0 Å². The maximum absolute atomic E-state index is 13.3. The monoisotopic (exact) mass is 439 g/mol. The normalized spacial score (nSPS) is 13.4. The molecule has 1 amide bonds. The molecule has 0 unspecified atom stereocenters. The first-order valence-electron chi connectivity index (χ1n) is 11.0. The van der Waals surface area contributed by atoms with E-state index in [0.717, 1.165) is 22.4 Å². The Kier molecular flexibility index (Phi) is 5.01. The zero-order valence-corrected chi connectivity index (χ0v) is 18.9. The van der Waals surface area contributed by atoms with E-state index in [1.165, 1.54) is 5.56 Å². The number of fused-ring (bicyclic) bond motifs is 2. The van der Waals surface area contributed by atoms with Crippen molar-refractivity contribution in [1.82, 2.24) is 9.55 Å². The third kappa shape index (κ3) is 4.00. The predicted molar refractivity (Wildman–Crippen MR) is 129 cm³/mol. The summed E-state index contributed by atoms with van der Waals surface area (Å²) < 4.78 is 7.36. The van der Waals surface area contributed by atoms with E-state index >= 15 is 0 Å². The number of amides is 1. The number of aromatic nitrogens is 2. The van der Waals surface area contributed by atoms with Crippen molar-refractivity contribution in [3.63, 3.8) is 0 Å². The molecule has 4 aromatic rings. The average molecular weight is 440 g/mol. The number of ketones is 1. The predicted octanol–water partition coefficient (Wildman–Crippen LogP) is 5.21. The lowest BCUT2D eigenvalue weighted by atomic mass is 9.87. The summed E-state index contributed by atoms with van der Waals surface area (Å²) in [4.78, 5) is 29.8. The number of hydrogen-bond donors (Lipinski definition) is 1. The van der Waals surface area contributed by atoms with E-state index in [1.807, 2.05) is 28.8 Å². The molecule has 0 saturated heterocycles. The molecule has 6 heteroatoms. The number of nitrogens with one attached hydrogen (secondary N) is 1. The molecule has 6 nitrogen and oxygen atoms in total. The lowest BCUT2D eigenvalue weighted by Crippen LogP contribution is -2.25. The van der Waals surface area contributed by atoms with E-state index < -0.39 is 0 Å². The second kappa shape index (κ2) is 7.89. The Balaban J connectivity index is 1.52. The molecule has 2 heterocycles. The molecule has 1 aliphatic rings. The van der Waals surface area contributed by atoms with Crippen molar-refractivity contribution < 1.29 is 14.3 Å². The molecule has 0 radical (unpaired) electrons. The van der Waals surface area contributed by atoms with Gasteiger partial charge < -0.3 is 14.6 Å². The van der Waals surface area contributed by atoms with Gasteiger partial charge in [0.25, 0.3) is 5.91 Å². The fraction of sp³-hybridized carbons (Fsp3) is 0.222. The highest BCUT2D eigenvalue weighted by Gasteiger charge is 2.21. The quantitative estimate of drug-likeness (QED) is 0.443. The largest absolute Gasteiger partial charge is 0.482 e. The third-order valence-electron chi connectivity index (χ3n) is 5.90. The van der Waals surface area contributed by atoms with E-state index in [0.29, 0.717) is 17.0 Å². The summed E-state index contributed by atoms with van der Waals surface area (Å²) >= 11 is 0. The Morgan fingerprint density at radius 1 is 1.06 bits per heavy atom. The molecule has 3 aromatic carbocycles. The molecule has 0 aliphatic carbocycles. The minimum absolute atomic E-state index is 0.0152. The maximum Gasteiger partial charge on any atom is 0.262 e. The van der Waals surface area contributed by atoms with Gasteiger partial charge in [0.1, 0.15) is 11.6 Å². The van der Waals surface area contributed by atoms with Gasteiger partial charge in [-0.25, -0.2) is 4.98 Å². The Morgan fingerprint density at radius 2 is 1.82 bits per heavy atom. The molecule has 33 heavy (non-hydrogen) atoms. The van der Waals surface area contributed by atoms with Crippen LogP contribution in [0.25, 0.3) is 22.4 Å². The summed E-state index contributed by atoms with van der Waals surface area (Å²) in [5.41, 5.74) is 5.01. The van der Waals surface area contributed by atoms with Crippen LogP contribution in [0.5, 0.6) is 5.75 Å². The van der Waals surface area contributed by atoms with E-state index in [2.05, 4.69) is 50.4 Å². The fourth-order valence-electron chi connectivity index (χ4n) is 4.07. The van der Waals surface area contributed by atoms with Crippen LogP contribution in [-0.4, -0.2) is 27.8 Å². The van der Waals surface area contributed by atoms with Crippen LogP contribution in [0.15, 0.2) is 66.7 Å². The van der Waals surface area contributed by atoms with Crippen LogP contribution < -0.4 is 10.1 Å². The van der Waals surface area contributed by atoms with Gasteiger partial charge >= 0.3 is 0 Å². The standard InChI is InChI=1S/C27H25N3O3/c1-27(2,3)19-11-8-17(9-12-19)26-29-20-6-4-5-7-22(20)30(26)15-23(31)18-10-13-24-21(14-18)28-25(32)16-33-24/h4-14H,15-16H2,1-3H3,(H,28,32). The average Bonchev–Trinajstić information content (AvgIpc) is 3.16. The maximum atomic E-state index is 13.3. The number of anilines is 1. The van der Waals surface area contributed by atoms with Crippen molar-refractivity contribution in [2.75, 3.05) is 11.9 Å². The van der Waals surface area contributed by atoms with Gasteiger partial charge in [0.2, 0.25) is 0 Å². The van der Waals surface area contributed by atoms with Gasteiger partial charge in [-0.1, -0.05) is 57.2 Å². The highest BCUT2D eigenvalue weighted by Crippen LogP contribution is 2.31. The number of ether oxygens (including phenoxy) is 1. The highest BCUT2D eigenvalue weighted by molar-refractivity contribution is 6.01. The smallest absolute Gasteiger partial charge is 0.262 e. The summed E-state index contributed by atoms with van der Waals surface area (Å²) in [5, 5.41) is 2.76. The van der Waals surface area contributed by atoms with Crippen LogP contribution >= 0.6 is 0 Å². The zero-order valence-electron chi connectivity index (χ0n) is 18.9. The van der Waals surface area contributed by atoms with Crippen molar-refractivity contribution in [3.8, 4) is 17.1 Å². The number of hydrogen-bond acceptors (Lipinski definition) is 4. The minimum atomic E-state index is -0.228. The molecule has 1 aliphatic heterocycles. The molecular formula is C27H25N3O3. The van der Waals surface area contributed by atoms with Crippen LogP contribution in [0.3, 0.4) is 0 Å². The lowest BCUT2D eigenvalue weighted by molar-refractivity contribution is -0.118. The van der Waals surface area contributed by atoms with Gasteiger partial charge in [-0.05, 0) is 41.3 Å². The number of para-hydroxylation sites is 2. The van der Waals surface area contributed by atoms with Crippen molar-refractivity contribution in [2.24, 2.45) is 0 Å². The topological polar surface area (TPSA) is 73.2 Å². The molecule has 1 N–H and O–H groups in total. The molecule has 1 aromatic heterocycles. The van der Waals surface area contributed by atoms with Crippen molar-refractivity contribution in [1.29, 1.82) is 0 Å². The van der Waals surface area contributed by atoms with E-state index in [1.54, 1.807) is 18.2 Å². The van der Waals surface area contributed by atoms with Gasteiger partial charge in [0.15, 0.2) is 12.4 Å². The minimum Gasteiger partial charge on any atom is -0.482 e. The molecule has 5 rings (SSSR count). The van der Waals surface area contributed by atoms with Gasteiger partial charge in [-0.3, -0.25) is 9.59 Å². The summed E-state index contributed by atoms with van der Waals surface area (Å²) in [6, 6.07) is 21.3. The van der Waals surface area contributed by atoms with E-state index in [4.69, 9.17) is 9.72 Å². The van der Waals surface area contributed by atoms with Crippen LogP contribution in [0.4, 0.5) is 5.69 Å². The number of rotatable bonds is 4. The number of imidazole rings is 1. The molecule has 0 atom stereocenters. The zero-order chi connectivity index (χ0) is 23.2. The Labute approximate surface area is 192 Å². The van der Waals surface area contributed by atoms with Gasteiger partial charge in [-0.15, -0.1) is 0 Å². The van der Waals surface area contributed by atoms with Crippen LogP contribution in [0.2, 0.25) is 0 Å². The number of benzene rings is 3. The van der Waals surface area contributed by atoms with Gasteiger partial charge in [0.05, 0.1) is 23.3 Å². The van der Waals surface area contributed by atoms with Gasteiger partial charge in [0, 0.05) is 11.1 Å². The number of Topliss-reactive ketones (excluding diaryl/α,β-unsaturated/α-hetero) is 1. The number of carbonyl (C=O) groups is 2. The first-order valence-corrected chi connectivity index (χ1v) is 11.0. The fourth-order valence-corrected chi connectivity index (χ4v) is 4.07. The summed E-state index contributed by atoms with van der Waals surface area (Å²) in [6.45, 7) is 6.66. The molecule has 0 bridgehead atoms. The molecule has 0 spiro atoms. The summed E-state index contributed by atoms with van der Waals surface area (Å²) in [7, 11) is 0.